The van der Waals surface area contributed by atoms with Gasteiger partial charge in [0.15, 0.2) is 11.5 Å². The van der Waals surface area contributed by atoms with Crippen LogP contribution in [0.2, 0.25) is 0 Å². The lowest BCUT2D eigenvalue weighted by Crippen LogP contribution is -2.01. The van der Waals surface area contributed by atoms with Crippen molar-refractivity contribution in [3.8, 4) is 22.9 Å². The highest BCUT2D eigenvalue weighted by Gasteiger charge is 2.11. The predicted molar refractivity (Wildman–Crippen MR) is 116 cm³/mol. The highest BCUT2D eigenvalue weighted by atomic mass is 16.5. The summed E-state index contributed by atoms with van der Waals surface area (Å²) in [6.07, 6.45) is 8.96. The van der Waals surface area contributed by atoms with Crippen molar-refractivity contribution >= 4 is 11.0 Å². The van der Waals surface area contributed by atoms with Gasteiger partial charge in [0, 0.05) is 5.56 Å². The van der Waals surface area contributed by atoms with Crippen molar-refractivity contribution in [2.24, 2.45) is 0 Å². The maximum Gasteiger partial charge on any atom is 0.161 e. The van der Waals surface area contributed by atoms with Gasteiger partial charge >= 0.3 is 0 Å². The van der Waals surface area contributed by atoms with Crippen LogP contribution < -0.4 is 9.47 Å². The van der Waals surface area contributed by atoms with Crippen LogP contribution in [0.4, 0.5) is 0 Å². The van der Waals surface area contributed by atoms with E-state index in [1.807, 2.05) is 49.4 Å². The molecule has 2 aromatic carbocycles. The predicted octanol–water partition coefficient (Wildman–Crippen LogP) is 6.76. The van der Waals surface area contributed by atoms with E-state index >= 15 is 0 Å². The molecular formula is C24H32N2O2. The monoisotopic (exact) mass is 380 g/mol. The highest BCUT2D eigenvalue weighted by molar-refractivity contribution is 5.79. The number of nitrogens with zero attached hydrogens (tertiary/aromatic N) is 1. The van der Waals surface area contributed by atoms with E-state index in [2.05, 4.69) is 16.9 Å². The molecular weight excluding hydrogens is 348 g/mol. The molecule has 0 bridgehead atoms. The summed E-state index contributed by atoms with van der Waals surface area (Å²) in [7, 11) is 0. The van der Waals surface area contributed by atoms with E-state index in [1.54, 1.807) is 0 Å². The number of hydrogen-bond donors (Lipinski definition) is 1. The van der Waals surface area contributed by atoms with Gasteiger partial charge in [-0.15, -0.1) is 0 Å². The Kier molecular flexibility index (Phi) is 7.77. The molecule has 4 heteroatoms. The maximum atomic E-state index is 6.01. The fourth-order valence-corrected chi connectivity index (χ4v) is 3.37. The Balaban J connectivity index is 1.59. The van der Waals surface area contributed by atoms with Crippen LogP contribution in [0.5, 0.6) is 11.5 Å². The fourth-order valence-electron chi connectivity index (χ4n) is 3.37. The molecule has 0 atom stereocenters. The lowest BCUT2D eigenvalue weighted by atomic mass is 10.1. The van der Waals surface area contributed by atoms with Crippen molar-refractivity contribution in [1.82, 2.24) is 9.97 Å². The van der Waals surface area contributed by atoms with Gasteiger partial charge in [-0.25, -0.2) is 4.98 Å². The number of rotatable bonds is 12. The first kappa shape index (κ1) is 20.2. The second-order valence-electron chi connectivity index (χ2n) is 7.17. The van der Waals surface area contributed by atoms with Gasteiger partial charge in [-0.3, -0.25) is 0 Å². The van der Waals surface area contributed by atoms with E-state index in [0.29, 0.717) is 6.61 Å². The maximum absolute atomic E-state index is 6.01. The summed E-state index contributed by atoms with van der Waals surface area (Å²) in [6, 6.07) is 14.1. The molecule has 0 amide bonds. The minimum atomic E-state index is 0.609. The zero-order valence-corrected chi connectivity index (χ0v) is 17.2. The van der Waals surface area contributed by atoms with Crippen LogP contribution in [0.25, 0.3) is 22.4 Å². The van der Waals surface area contributed by atoms with Crippen LogP contribution >= 0.6 is 0 Å². The second kappa shape index (κ2) is 10.7. The third-order valence-electron chi connectivity index (χ3n) is 4.91. The molecule has 1 aromatic heterocycles. The van der Waals surface area contributed by atoms with Crippen LogP contribution in [-0.4, -0.2) is 23.2 Å². The molecule has 0 aliphatic heterocycles. The van der Waals surface area contributed by atoms with Crippen molar-refractivity contribution in [1.29, 1.82) is 0 Å². The molecule has 0 radical (unpaired) electrons. The van der Waals surface area contributed by atoms with Crippen LogP contribution in [0.15, 0.2) is 42.5 Å². The molecule has 0 fully saturated rings. The van der Waals surface area contributed by atoms with Crippen molar-refractivity contribution in [2.45, 2.75) is 58.8 Å². The molecule has 0 saturated carbocycles. The number of nitrogens with one attached hydrogen (secondary N) is 1. The molecule has 0 aliphatic rings. The number of H-pyrrole nitrogens is 1. The van der Waals surface area contributed by atoms with Crippen molar-refractivity contribution < 1.29 is 9.47 Å². The number of imidazole rings is 1. The zero-order valence-electron chi connectivity index (χ0n) is 17.2. The van der Waals surface area contributed by atoms with E-state index in [1.165, 1.54) is 38.5 Å². The lowest BCUT2D eigenvalue weighted by Gasteiger charge is -2.13. The summed E-state index contributed by atoms with van der Waals surface area (Å²) < 4.78 is 11.8. The number of hydrogen-bond acceptors (Lipinski definition) is 3. The van der Waals surface area contributed by atoms with Crippen molar-refractivity contribution in [3.63, 3.8) is 0 Å². The third kappa shape index (κ3) is 5.51. The van der Waals surface area contributed by atoms with Crippen LogP contribution in [0, 0.1) is 0 Å². The third-order valence-corrected chi connectivity index (χ3v) is 4.91. The Bertz CT molecular complexity index is 824. The van der Waals surface area contributed by atoms with Crippen LogP contribution in [0.3, 0.4) is 0 Å². The smallest absolute Gasteiger partial charge is 0.161 e. The van der Waals surface area contributed by atoms with E-state index in [4.69, 9.17) is 9.47 Å². The van der Waals surface area contributed by atoms with Gasteiger partial charge < -0.3 is 14.5 Å². The Morgan fingerprint density at radius 2 is 1.61 bits per heavy atom. The van der Waals surface area contributed by atoms with E-state index < -0.39 is 0 Å². The van der Waals surface area contributed by atoms with Gasteiger partial charge in [0.2, 0.25) is 0 Å². The summed E-state index contributed by atoms with van der Waals surface area (Å²) in [5.41, 5.74) is 3.01. The number of fused-ring (bicyclic) bond motifs is 1. The molecule has 1 N–H and O–H groups in total. The Labute approximate surface area is 168 Å². The average Bonchev–Trinajstić information content (AvgIpc) is 3.15. The Morgan fingerprint density at radius 3 is 2.39 bits per heavy atom. The zero-order chi connectivity index (χ0) is 19.6. The SMILES string of the molecule is CCCCCCCCCOc1ccc(-c2nc3ccccc3[nH]2)cc1OCC. The summed E-state index contributed by atoms with van der Waals surface area (Å²) in [4.78, 5) is 8.05. The largest absolute Gasteiger partial charge is 0.490 e. The van der Waals surface area contributed by atoms with E-state index in [9.17, 15) is 0 Å². The van der Waals surface area contributed by atoms with Crippen molar-refractivity contribution in [2.75, 3.05) is 13.2 Å². The van der Waals surface area contributed by atoms with Gasteiger partial charge in [0.05, 0.1) is 24.2 Å². The molecule has 4 nitrogen and oxygen atoms in total. The van der Waals surface area contributed by atoms with E-state index in [0.717, 1.165) is 46.9 Å². The molecule has 150 valence electrons. The molecule has 28 heavy (non-hydrogen) atoms. The first-order chi connectivity index (χ1) is 13.8. The highest BCUT2D eigenvalue weighted by Crippen LogP contribution is 2.32. The van der Waals surface area contributed by atoms with Gasteiger partial charge in [0.1, 0.15) is 5.82 Å². The van der Waals surface area contributed by atoms with Crippen LogP contribution in [-0.2, 0) is 0 Å². The Hall–Kier alpha value is -2.49. The van der Waals surface area contributed by atoms with Crippen molar-refractivity contribution in [3.05, 3.63) is 42.5 Å². The number of aromatic nitrogens is 2. The molecule has 1 heterocycles. The minimum absolute atomic E-state index is 0.609. The molecule has 0 saturated heterocycles. The number of unbranched alkanes of at least 4 members (excludes halogenated alkanes) is 6. The number of aromatic amines is 1. The standard InChI is InChI=1S/C24H32N2O2/c1-3-5-6-7-8-9-12-17-28-22-16-15-19(18-23(22)27-4-2)24-25-20-13-10-11-14-21(20)26-24/h10-11,13-16,18H,3-9,12,17H2,1-2H3,(H,25,26). The van der Waals surface area contributed by atoms with Gasteiger partial charge in [-0.2, -0.15) is 0 Å². The molecule has 0 unspecified atom stereocenters. The summed E-state index contributed by atoms with van der Waals surface area (Å²) in [5.74, 6) is 2.44. The summed E-state index contributed by atoms with van der Waals surface area (Å²) in [5, 5.41) is 0. The first-order valence-electron chi connectivity index (χ1n) is 10.7. The molecule has 3 rings (SSSR count). The molecule has 3 aromatic rings. The van der Waals surface area contributed by atoms with Gasteiger partial charge in [-0.05, 0) is 43.7 Å². The summed E-state index contributed by atoms with van der Waals surface area (Å²) >= 11 is 0. The minimum Gasteiger partial charge on any atom is -0.490 e. The van der Waals surface area contributed by atoms with Gasteiger partial charge in [-0.1, -0.05) is 57.6 Å². The van der Waals surface area contributed by atoms with Crippen LogP contribution in [0.1, 0.15) is 58.8 Å². The fraction of sp³-hybridized carbons (Fsp3) is 0.458. The number of para-hydroxylation sites is 2. The number of ether oxygens (including phenoxy) is 2. The summed E-state index contributed by atoms with van der Waals surface area (Å²) in [6.45, 7) is 5.59. The second-order valence-corrected chi connectivity index (χ2v) is 7.17. The topological polar surface area (TPSA) is 47.1 Å². The Morgan fingerprint density at radius 1 is 0.821 bits per heavy atom. The lowest BCUT2D eigenvalue weighted by molar-refractivity contribution is 0.270. The first-order valence-corrected chi connectivity index (χ1v) is 10.7. The average molecular weight is 381 g/mol. The number of benzene rings is 2. The molecule has 0 spiro atoms. The quantitative estimate of drug-likeness (QED) is 0.353. The molecule has 0 aliphatic carbocycles. The van der Waals surface area contributed by atoms with Gasteiger partial charge in [0.25, 0.3) is 0 Å². The normalized spacial score (nSPS) is 11.1. The van der Waals surface area contributed by atoms with E-state index in [-0.39, 0.29) is 0 Å².